The van der Waals surface area contributed by atoms with Crippen LogP contribution in [0.5, 0.6) is 6.01 Å². The van der Waals surface area contributed by atoms with Crippen LogP contribution < -0.4 is 10.3 Å². The number of aromatic nitrogens is 2. The molecule has 0 radical (unpaired) electrons. The zero-order chi connectivity index (χ0) is 17.1. The summed E-state index contributed by atoms with van der Waals surface area (Å²) in [5.74, 6) is 0.530. The highest BCUT2D eigenvalue weighted by molar-refractivity contribution is 5.16. The van der Waals surface area contributed by atoms with E-state index in [9.17, 15) is 9.90 Å². The lowest BCUT2D eigenvalue weighted by molar-refractivity contribution is -0.0691. The molecule has 23 heavy (non-hydrogen) atoms. The highest BCUT2D eigenvalue weighted by Gasteiger charge is 2.40. The van der Waals surface area contributed by atoms with Gasteiger partial charge in [0, 0.05) is 18.9 Å². The predicted octanol–water partition coefficient (Wildman–Crippen LogP) is 1.94. The van der Waals surface area contributed by atoms with Crippen molar-refractivity contribution in [2.24, 2.45) is 5.92 Å². The minimum atomic E-state index is -0.768. The number of aliphatic hydroxyl groups excluding tert-OH is 1. The monoisotopic (exact) mass is 324 g/mol. The largest absolute Gasteiger partial charge is 0.456 e. The van der Waals surface area contributed by atoms with E-state index in [1.807, 2.05) is 24.6 Å². The molecule has 0 aromatic carbocycles. The minimum Gasteiger partial charge on any atom is -0.456 e. The number of fused-ring (bicyclic) bond motifs is 1. The third-order valence-corrected chi connectivity index (χ3v) is 4.56. The maximum atomic E-state index is 12.1. The van der Waals surface area contributed by atoms with E-state index in [4.69, 9.17) is 9.47 Å². The number of aliphatic hydroxyl groups is 1. The van der Waals surface area contributed by atoms with Crippen molar-refractivity contribution < 1.29 is 14.6 Å². The number of methoxy groups -OCH3 is 1. The van der Waals surface area contributed by atoms with Crippen LogP contribution in [0.3, 0.4) is 0 Å². The number of nitrogens with zero attached hydrogens (tertiary/aromatic N) is 2. The Bertz CT molecular complexity index is 580. The Balaban J connectivity index is 2.22. The van der Waals surface area contributed by atoms with Crippen molar-refractivity contribution >= 4 is 0 Å². The fourth-order valence-electron chi connectivity index (χ4n) is 2.98. The second kappa shape index (κ2) is 7.45. The van der Waals surface area contributed by atoms with Gasteiger partial charge in [-0.05, 0) is 32.1 Å². The molecule has 1 aromatic heterocycles. The SMILES string of the molecule is CCC(OC)C(O)C1Oc2nc(=O)c(CCC(C)C)cn2C1C. The van der Waals surface area contributed by atoms with Crippen LogP contribution in [-0.2, 0) is 11.2 Å². The first-order valence-corrected chi connectivity index (χ1v) is 8.38. The molecule has 4 atom stereocenters. The van der Waals surface area contributed by atoms with Crippen molar-refractivity contribution in [2.75, 3.05) is 7.11 Å². The molecule has 130 valence electrons. The minimum absolute atomic E-state index is 0.102. The Kier molecular flexibility index (Phi) is 5.81. The smallest absolute Gasteiger partial charge is 0.300 e. The molecule has 0 amide bonds. The van der Waals surface area contributed by atoms with Crippen LogP contribution in [0, 0.1) is 5.92 Å². The van der Waals surface area contributed by atoms with Gasteiger partial charge in [-0.3, -0.25) is 9.36 Å². The number of ether oxygens (including phenoxy) is 2. The molecule has 0 spiro atoms. The fourth-order valence-corrected chi connectivity index (χ4v) is 2.98. The summed E-state index contributed by atoms with van der Waals surface area (Å²) in [5, 5.41) is 10.5. The van der Waals surface area contributed by atoms with Crippen LogP contribution in [0.25, 0.3) is 0 Å². The number of hydrogen-bond donors (Lipinski definition) is 1. The van der Waals surface area contributed by atoms with Crippen molar-refractivity contribution in [1.29, 1.82) is 0 Å². The van der Waals surface area contributed by atoms with Gasteiger partial charge in [0.15, 0.2) is 6.10 Å². The molecule has 0 aliphatic carbocycles. The lowest BCUT2D eigenvalue weighted by atomic mass is 10.0. The van der Waals surface area contributed by atoms with Crippen LogP contribution in [0.15, 0.2) is 11.0 Å². The predicted molar refractivity (Wildman–Crippen MR) is 87.9 cm³/mol. The maximum Gasteiger partial charge on any atom is 0.300 e. The van der Waals surface area contributed by atoms with E-state index < -0.39 is 12.2 Å². The summed E-state index contributed by atoms with van der Waals surface area (Å²) >= 11 is 0. The average molecular weight is 324 g/mol. The third-order valence-electron chi connectivity index (χ3n) is 4.56. The summed E-state index contributed by atoms with van der Waals surface area (Å²) in [6.07, 6.45) is 2.63. The molecule has 0 saturated heterocycles. The normalized spacial score (nSPS) is 22.7. The molecule has 1 aliphatic rings. The van der Waals surface area contributed by atoms with Crippen molar-refractivity contribution in [2.45, 2.75) is 71.3 Å². The van der Waals surface area contributed by atoms with Crippen molar-refractivity contribution in [1.82, 2.24) is 9.55 Å². The number of hydrogen-bond acceptors (Lipinski definition) is 5. The molecular weight excluding hydrogens is 296 g/mol. The molecule has 0 saturated carbocycles. The topological polar surface area (TPSA) is 73.6 Å². The summed E-state index contributed by atoms with van der Waals surface area (Å²) in [4.78, 5) is 16.2. The van der Waals surface area contributed by atoms with Gasteiger partial charge in [0.1, 0.15) is 6.10 Å². The van der Waals surface area contributed by atoms with E-state index in [1.54, 1.807) is 7.11 Å². The summed E-state index contributed by atoms with van der Waals surface area (Å²) < 4.78 is 12.9. The second-order valence-corrected chi connectivity index (χ2v) is 6.69. The molecule has 0 bridgehead atoms. The number of aryl methyl sites for hydroxylation is 1. The molecule has 4 unspecified atom stereocenters. The summed E-state index contributed by atoms with van der Waals surface area (Å²) in [6.45, 7) is 8.18. The van der Waals surface area contributed by atoms with Gasteiger partial charge in [0.25, 0.3) is 5.56 Å². The van der Waals surface area contributed by atoms with Gasteiger partial charge < -0.3 is 14.6 Å². The second-order valence-electron chi connectivity index (χ2n) is 6.69. The zero-order valence-corrected chi connectivity index (χ0v) is 14.7. The Labute approximate surface area is 137 Å². The molecule has 2 rings (SSSR count). The van der Waals surface area contributed by atoms with E-state index in [0.29, 0.717) is 24.3 Å². The molecular formula is C17H28N2O4. The van der Waals surface area contributed by atoms with Crippen molar-refractivity contribution in [3.63, 3.8) is 0 Å². The van der Waals surface area contributed by atoms with Crippen LogP contribution in [0.2, 0.25) is 0 Å². The van der Waals surface area contributed by atoms with Gasteiger partial charge in [0.05, 0.1) is 12.1 Å². The zero-order valence-electron chi connectivity index (χ0n) is 14.7. The fraction of sp³-hybridized carbons (Fsp3) is 0.765. The molecule has 2 heterocycles. The van der Waals surface area contributed by atoms with Gasteiger partial charge in [-0.25, -0.2) is 0 Å². The molecule has 1 aromatic rings. The van der Waals surface area contributed by atoms with E-state index in [2.05, 4.69) is 18.8 Å². The van der Waals surface area contributed by atoms with Gasteiger partial charge in [-0.1, -0.05) is 20.8 Å². The average Bonchev–Trinajstić information content (AvgIpc) is 2.82. The quantitative estimate of drug-likeness (QED) is 0.830. The van der Waals surface area contributed by atoms with E-state index in [1.165, 1.54) is 0 Å². The Hall–Kier alpha value is -1.40. The van der Waals surface area contributed by atoms with Crippen LogP contribution in [0.1, 0.15) is 52.1 Å². The highest BCUT2D eigenvalue weighted by Crippen LogP contribution is 2.32. The maximum absolute atomic E-state index is 12.1. The lowest BCUT2D eigenvalue weighted by Gasteiger charge is -2.26. The van der Waals surface area contributed by atoms with Gasteiger partial charge >= 0.3 is 6.01 Å². The first kappa shape index (κ1) is 17.9. The Morgan fingerprint density at radius 3 is 2.74 bits per heavy atom. The third kappa shape index (κ3) is 3.75. The van der Waals surface area contributed by atoms with Crippen LogP contribution >= 0.6 is 0 Å². The molecule has 1 aliphatic heterocycles. The van der Waals surface area contributed by atoms with E-state index >= 15 is 0 Å². The van der Waals surface area contributed by atoms with Crippen molar-refractivity contribution in [3.05, 3.63) is 22.1 Å². The summed E-state index contributed by atoms with van der Waals surface area (Å²) in [6, 6.07) is 0.181. The van der Waals surface area contributed by atoms with Crippen molar-refractivity contribution in [3.8, 4) is 6.01 Å². The molecule has 1 N–H and O–H groups in total. The Morgan fingerprint density at radius 2 is 2.17 bits per heavy atom. The van der Waals surface area contributed by atoms with Gasteiger partial charge in [0.2, 0.25) is 0 Å². The molecule has 6 nitrogen and oxygen atoms in total. The van der Waals surface area contributed by atoms with E-state index in [-0.39, 0.29) is 23.7 Å². The standard InChI is InChI=1S/C17H28N2O4/c1-6-13(22-5)14(20)15-11(4)19-9-12(8-7-10(2)3)16(21)18-17(19)23-15/h9-11,13-15,20H,6-8H2,1-5H3. The summed E-state index contributed by atoms with van der Waals surface area (Å²) in [5.41, 5.74) is 0.463. The van der Waals surface area contributed by atoms with E-state index in [0.717, 1.165) is 6.42 Å². The van der Waals surface area contributed by atoms with Crippen LogP contribution in [-0.4, -0.2) is 40.1 Å². The Morgan fingerprint density at radius 1 is 1.48 bits per heavy atom. The van der Waals surface area contributed by atoms with Gasteiger partial charge in [-0.15, -0.1) is 0 Å². The summed E-state index contributed by atoms with van der Waals surface area (Å²) in [7, 11) is 1.58. The highest BCUT2D eigenvalue weighted by atomic mass is 16.5. The number of rotatable bonds is 7. The lowest BCUT2D eigenvalue weighted by Crippen LogP contribution is -2.42. The molecule has 6 heteroatoms. The first-order chi connectivity index (χ1) is 10.9. The molecule has 0 fully saturated rings. The first-order valence-electron chi connectivity index (χ1n) is 8.38. The van der Waals surface area contributed by atoms with Crippen LogP contribution in [0.4, 0.5) is 0 Å². The van der Waals surface area contributed by atoms with Gasteiger partial charge in [-0.2, -0.15) is 4.98 Å².